The van der Waals surface area contributed by atoms with E-state index in [1.54, 1.807) is 24.3 Å². The molecule has 0 aliphatic carbocycles. The smallest absolute Gasteiger partial charge is 0.283 e. The molecule has 0 aliphatic heterocycles. The summed E-state index contributed by atoms with van der Waals surface area (Å²) >= 11 is 4.98. The molecule has 0 saturated carbocycles. The molecule has 0 radical (unpaired) electrons. The molecule has 0 bridgehead atoms. The van der Waals surface area contributed by atoms with Crippen molar-refractivity contribution in [3.8, 4) is 6.07 Å². The molecule has 0 unspecified atom stereocenters. The van der Waals surface area contributed by atoms with Gasteiger partial charge >= 0.3 is 0 Å². The number of halogens is 1. The summed E-state index contributed by atoms with van der Waals surface area (Å²) in [7, 11) is 0. The van der Waals surface area contributed by atoms with Crippen LogP contribution in [-0.2, 0) is 4.79 Å². The molecule has 0 aliphatic rings. The van der Waals surface area contributed by atoms with Gasteiger partial charge in [-0.05, 0) is 36.4 Å². The second-order valence-electron chi connectivity index (χ2n) is 4.07. The van der Waals surface area contributed by atoms with E-state index in [9.17, 15) is 9.18 Å². The number of nitriles is 1. The zero-order valence-electron chi connectivity index (χ0n) is 10.8. The van der Waals surface area contributed by atoms with E-state index in [1.165, 1.54) is 24.3 Å². The lowest BCUT2D eigenvalue weighted by atomic mass is 10.2. The van der Waals surface area contributed by atoms with E-state index in [1.807, 2.05) is 6.07 Å². The van der Waals surface area contributed by atoms with Gasteiger partial charge in [0, 0.05) is 5.69 Å². The fourth-order valence-corrected chi connectivity index (χ4v) is 1.75. The third-order valence-corrected chi connectivity index (χ3v) is 2.89. The first kappa shape index (κ1) is 14.6. The number of carbonyl (C=O) groups excluding carboxylic acids is 1. The highest BCUT2D eigenvalue weighted by Gasteiger charge is 2.11. The van der Waals surface area contributed by atoms with Gasteiger partial charge in [0.05, 0.1) is 11.3 Å². The number of amides is 1. The minimum atomic E-state index is -0.538. The number of nitrogens with one attached hydrogen (secondary N) is 2. The molecule has 2 aromatic carbocycles. The molecule has 0 heterocycles. The molecule has 21 heavy (non-hydrogen) atoms. The SMILES string of the molecule is N#Cc1ccccc1NC(=S)C(=O)Nc1ccc(F)cc1. The number of benzene rings is 2. The van der Waals surface area contributed by atoms with E-state index < -0.39 is 11.7 Å². The van der Waals surface area contributed by atoms with Crippen LogP contribution in [0.15, 0.2) is 48.5 Å². The Balaban J connectivity index is 2.05. The maximum atomic E-state index is 12.8. The fraction of sp³-hybridized carbons (Fsp3) is 0. The Morgan fingerprint density at radius 2 is 1.76 bits per heavy atom. The normalized spacial score (nSPS) is 9.52. The second-order valence-corrected chi connectivity index (χ2v) is 4.48. The zero-order chi connectivity index (χ0) is 15.2. The lowest BCUT2D eigenvalue weighted by Gasteiger charge is -2.09. The summed E-state index contributed by atoms with van der Waals surface area (Å²) in [6, 6.07) is 14.0. The van der Waals surface area contributed by atoms with Crippen molar-refractivity contribution in [1.29, 1.82) is 5.26 Å². The topological polar surface area (TPSA) is 64.9 Å². The Morgan fingerprint density at radius 3 is 2.43 bits per heavy atom. The second kappa shape index (κ2) is 6.59. The Kier molecular flexibility index (Phi) is 4.59. The highest BCUT2D eigenvalue weighted by molar-refractivity contribution is 7.82. The zero-order valence-corrected chi connectivity index (χ0v) is 11.6. The Labute approximate surface area is 126 Å². The van der Waals surface area contributed by atoms with Crippen LogP contribution in [0.4, 0.5) is 15.8 Å². The minimum absolute atomic E-state index is 0.0815. The van der Waals surface area contributed by atoms with Crippen LogP contribution in [0.1, 0.15) is 5.56 Å². The number of carbonyl (C=O) groups is 1. The van der Waals surface area contributed by atoms with Gasteiger partial charge in [-0.2, -0.15) is 5.26 Å². The van der Waals surface area contributed by atoms with E-state index >= 15 is 0 Å². The number of para-hydroxylation sites is 1. The molecule has 2 rings (SSSR count). The Morgan fingerprint density at radius 1 is 1.10 bits per heavy atom. The third-order valence-electron chi connectivity index (χ3n) is 2.60. The maximum absolute atomic E-state index is 12.8. The monoisotopic (exact) mass is 299 g/mol. The highest BCUT2D eigenvalue weighted by atomic mass is 32.1. The number of hydrogen-bond acceptors (Lipinski definition) is 3. The summed E-state index contributed by atoms with van der Waals surface area (Å²) in [5.41, 5.74) is 1.27. The molecule has 1 amide bonds. The summed E-state index contributed by atoms with van der Waals surface area (Å²) in [6.07, 6.45) is 0. The van der Waals surface area contributed by atoms with Crippen LogP contribution in [0.25, 0.3) is 0 Å². The van der Waals surface area contributed by atoms with Gasteiger partial charge in [0.25, 0.3) is 5.91 Å². The molecular weight excluding hydrogens is 289 g/mol. The van der Waals surface area contributed by atoms with Crippen LogP contribution in [0.2, 0.25) is 0 Å². The van der Waals surface area contributed by atoms with Gasteiger partial charge in [0.1, 0.15) is 11.9 Å². The van der Waals surface area contributed by atoms with Gasteiger partial charge in [0.15, 0.2) is 4.99 Å². The van der Waals surface area contributed by atoms with Crippen LogP contribution in [0.5, 0.6) is 0 Å². The molecule has 6 heteroatoms. The average Bonchev–Trinajstić information content (AvgIpc) is 2.50. The van der Waals surface area contributed by atoms with E-state index in [-0.39, 0.29) is 4.99 Å². The average molecular weight is 299 g/mol. The van der Waals surface area contributed by atoms with Gasteiger partial charge in [-0.3, -0.25) is 4.79 Å². The maximum Gasteiger partial charge on any atom is 0.283 e. The van der Waals surface area contributed by atoms with Crippen LogP contribution >= 0.6 is 12.2 Å². The van der Waals surface area contributed by atoms with Crippen LogP contribution in [-0.4, -0.2) is 10.9 Å². The van der Waals surface area contributed by atoms with Gasteiger partial charge < -0.3 is 10.6 Å². The van der Waals surface area contributed by atoms with Gasteiger partial charge in [-0.15, -0.1) is 0 Å². The van der Waals surface area contributed by atoms with Gasteiger partial charge in [-0.1, -0.05) is 24.4 Å². The summed E-state index contributed by atoms with van der Waals surface area (Å²) in [6.45, 7) is 0. The molecule has 0 spiro atoms. The molecular formula is C15H10FN3OS. The van der Waals surface area contributed by atoms with Gasteiger partial charge in [-0.25, -0.2) is 4.39 Å². The van der Waals surface area contributed by atoms with Crippen molar-refractivity contribution >= 4 is 34.5 Å². The molecule has 2 aromatic rings. The number of rotatable bonds is 2. The molecule has 0 saturated heterocycles. The lowest BCUT2D eigenvalue weighted by molar-refractivity contribution is -0.110. The molecule has 0 aromatic heterocycles. The van der Waals surface area contributed by atoms with Crippen molar-refractivity contribution in [2.45, 2.75) is 0 Å². The van der Waals surface area contributed by atoms with E-state index in [4.69, 9.17) is 17.5 Å². The Hall–Kier alpha value is -2.78. The van der Waals surface area contributed by atoms with Crippen LogP contribution in [0.3, 0.4) is 0 Å². The van der Waals surface area contributed by atoms with Gasteiger partial charge in [0.2, 0.25) is 0 Å². The molecule has 4 nitrogen and oxygen atoms in total. The predicted molar refractivity (Wildman–Crippen MR) is 82.4 cm³/mol. The van der Waals surface area contributed by atoms with Crippen molar-refractivity contribution in [3.05, 3.63) is 59.9 Å². The quantitative estimate of drug-likeness (QED) is 0.836. The van der Waals surface area contributed by atoms with E-state index in [2.05, 4.69) is 10.6 Å². The Bertz CT molecular complexity index is 722. The molecule has 0 atom stereocenters. The summed E-state index contributed by atoms with van der Waals surface area (Å²) in [5, 5.41) is 14.2. The molecule has 2 N–H and O–H groups in total. The van der Waals surface area contributed by atoms with E-state index in [0.717, 1.165) is 0 Å². The summed E-state index contributed by atoms with van der Waals surface area (Å²) < 4.78 is 12.8. The first-order chi connectivity index (χ1) is 10.1. The van der Waals surface area contributed by atoms with Crippen molar-refractivity contribution in [2.24, 2.45) is 0 Å². The standard InChI is InChI=1S/C15H10FN3OS/c16-11-5-7-12(8-6-11)18-14(20)15(21)19-13-4-2-1-3-10(13)9-17/h1-8H,(H,18,20)(H,19,21). The minimum Gasteiger partial charge on any atom is -0.341 e. The van der Waals surface area contributed by atoms with Crippen molar-refractivity contribution < 1.29 is 9.18 Å². The fourth-order valence-electron chi connectivity index (χ4n) is 1.59. The molecule has 104 valence electrons. The predicted octanol–water partition coefficient (Wildman–Crippen LogP) is 3.08. The highest BCUT2D eigenvalue weighted by Crippen LogP contribution is 2.14. The number of thiocarbonyl (C=S) groups is 1. The summed E-state index contributed by atoms with van der Waals surface area (Å²) in [4.78, 5) is 11.8. The largest absolute Gasteiger partial charge is 0.341 e. The van der Waals surface area contributed by atoms with Crippen molar-refractivity contribution in [3.63, 3.8) is 0 Å². The number of anilines is 2. The van der Waals surface area contributed by atoms with Crippen molar-refractivity contribution in [2.75, 3.05) is 10.6 Å². The first-order valence-electron chi connectivity index (χ1n) is 5.97. The lowest BCUT2D eigenvalue weighted by Crippen LogP contribution is -2.27. The molecule has 0 fully saturated rings. The van der Waals surface area contributed by atoms with Crippen LogP contribution in [0, 0.1) is 17.1 Å². The number of hydrogen-bond donors (Lipinski definition) is 2. The van der Waals surface area contributed by atoms with Crippen molar-refractivity contribution in [1.82, 2.24) is 0 Å². The third kappa shape index (κ3) is 3.84. The number of nitrogens with zero attached hydrogens (tertiary/aromatic N) is 1. The first-order valence-corrected chi connectivity index (χ1v) is 6.38. The van der Waals surface area contributed by atoms with Crippen LogP contribution < -0.4 is 10.6 Å². The van der Waals surface area contributed by atoms with E-state index in [0.29, 0.717) is 16.9 Å². The summed E-state index contributed by atoms with van der Waals surface area (Å²) in [5.74, 6) is -0.930.